The van der Waals surface area contributed by atoms with E-state index in [2.05, 4.69) is 10.3 Å². The average molecular weight is 248 g/mol. The quantitative estimate of drug-likeness (QED) is 0.825. The topological polar surface area (TPSA) is 92.4 Å². The monoisotopic (exact) mass is 248 g/mol. The highest BCUT2D eigenvalue weighted by Gasteiger charge is 2.11. The number of hydrogen-bond acceptors (Lipinski definition) is 5. The van der Waals surface area contributed by atoms with Gasteiger partial charge in [-0.1, -0.05) is 0 Å². The van der Waals surface area contributed by atoms with Gasteiger partial charge in [0.15, 0.2) is 5.58 Å². The summed E-state index contributed by atoms with van der Waals surface area (Å²) >= 11 is 0. The van der Waals surface area contributed by atoms with E-state index in [9.17, 15) is 14.7 Å². The predicted molar refractivity (Wildman–Crippen MR) is 65.2 cm³/mol. The Morgan fingerprint density at radius 2 is 2.28 bits per heavy atom. The fraction of sp³-hybridized carbons (Fsp3) is 0.250. The first kappa shape index (κ1) is 12.3. The van der Waals surface area contributed by atoms with Crippen LogP contribution in [0, 0.1) is 6.92 Å². The lowest BCUT2D eigenvalue weighted by molar-refractivity contribution is -0.114. The van der Waals surface area contributed by atoms with E-state index in [0.29, 0.717) is 22.2 Å². The van der Waals surface area contributed by atoms with Crippen LogP contribution in [0.4, 0.5) is 5.69 Å². The number of aliphatic hydroxyl groups excluding tert-OH is 1. The molecule has 0 saturated heterocycles. The number of hydrogen-bond donors (Lipinski definition) is 2. The van der Waals surface area contributed by atoms with Gasteiger partial charge in [0.25, 0.3) is 0 Å². The smallest absolute Gasteiger partial charge is 0.360 e. The van der Waals surface area contributed by atoms with Gasteiger partial charge >= 0.3 is 5.63 Å². The molecule has 2 rings (SSSR count). The normalized spacial score (nSPS) is 10.6. The van der Waals surface area contributed by atoms with Crippen LogP contribution in [0.2, 0.25) is 0 Å². The third-order valence-corrected chi connectivity index (χ3v) is 2.52. The van der Waals surface area contributed by atoms with Crippen molar-refractivity contribution in [1.82, 2.24) is 4.98 Å². The highest BCUT2D eigenvalue weighted by atomic mass is 16.4. The molecule has 0 radical (unpaired) electrons. The van der Waals surface area contributed by atoms with Crippen molar-refractivity contribution in [3.8, 4) is 0 Å². The van der Waals surface area contributed by atoms with Gasteiger partial charge in [-0.25, -0.2) is 4.79 Å². The summed E-state index contributed by atoms with van der Waals surface area (Å²) in [5.41, 5.74) is 0.813. The number of amides is 1. The highest BCUT2D eigenvalue weighted by Crippen LogP contribution is 2.21. The minimum absolute atomic E-state index is 0.0512. The van der Waals surface area contributed by atoms with Crippen molar-refractivity contribution in [3.63, 3.8) is 0 Å². The number of aliphatic hydroxyl groups is 1. The van der Waals surface area contributed by atoms with Gasteiger partial charge in [-0.2, -0.15) is 0 Å². The Morgan fingerprint density at radius 3 is 2.89 bits per heavy atom. The van der Waals surface area contributed by atoms with Gasteiger partial charge < -0.3 is 14.8 Å². The molecular weight excluding hydrogens is 236 g/mol. The van der Waals surface area contributed by atoms with Gasteiger partial charge in [0, 0.05) is 24.1 Å². The second kappa shape index (κ2) is 4.58. The van der Waals surface area contributed by atoms with Gasteiger partial charge in [-0.15, -0.1) is 0 Å². The molecule has 2 aromatic rings. The van der Waals surface area contributed by atoms with E-state index in [1.807, 2.05) is 0 Å². The standard InChI is InChI=1S/C12H12N2O4/c1-6-11-9(8(5-15)4-13-6)3-10(12(17)18-11)14-7(2)16/h3-4,15H,5H2,1-2H3,(H,14,16). The predicted octanol–water partition coefficient (Wildman–Crippen LogP) is 0.947. The van der Waals surface area contributed by atoms with Crippen molar-refractivity contribution in [2.45, 2.75) is 20.5 Å². The molecule has 0 saturated carbocycles. The van der Waals surface area contributed by atoms with E-state index in [1.165, 1.54) is 19.2 Å². The summed E-state index contributed by atoms with van der Waals surface area (Å²) in [7, 11) is 0. The van der Waals surface area contributed by atoms with Crippen LogP contribution in [0.3, 0.4) is 0 Å². The van der Waals surface area contributed by atoms with Crippen molar-refractivity contribution in [1.29, 1.82) is 0 Å². The zero-order valence-corrected chi connectivity index (χ0v) is 9.98. The summed E-state index contributed by atoms with van der Waals surface area (Å²) in [5.74, 6) is -0.363. The van der Waals surface area contributed by atoms with Crippen molar-refractivity contribution >= 4 is 22.6 Å². The average Bonchev–Trinajstić information content (AvgIpc) is 2.31. The fourth-order valence-corrected chi connectivity index (χ4v) is 1.68. The van der Waals surface area contributed by atoms with Crippen LogP contribution >= 0.6 is 0 Å². The van der Waals surface area contributed by atoms with Gasteiger partial charge in [-0.05, 0) is 13.0 Å². The summed E-state index contributed by atoms with van der Waals surface area (Å²) in [5, 5.41) is 12.2. The summed E-state index contributed by atoms with van der Waals surface area (Å²) in [6.07, 6.45) is 1.51. The summed E-state index contributed by atoms with van der Waals surface area (Å²) in [4.78, 5) is 26.6. The lowest BCUT2D eigenvalue weighted by Gasteiger charge is -2.07. The van der Waals surface area contributed by atoms with Crippen LogP contribution in [-0.2, 0) is 11.4 Å². The number of carbonyl (C=O) groups excluding carboxylic acids is 1. The van der Waals surface area contributed by atoms with Crippen molar-refractivity contribution in [2.75, 3.05) is 5.32 Å². The Bertz CT molecular complexity index is 676. The first-order valence-electron chi connectivity index (χ1n) is 5.33. The Labute approximate surface area is 102 Å². The molecule has 0 aliphatic carbocycles. The number of rotatable bonds is 2. The van der Waals surface area contributed by atoms with Gasteiger partial charge in [0.05, 0.1) is 12.3 Å². The van der Waals surface area contributed by atoms with Gasteiger partial charge in [-0.3, -0.25) is 9.78 Å². The van der Waals surface area contributed by atoms with E-state index in [4.69, 9.17) is 4.42 Å². The number of aromatic nitrogens is 1. The molecule has 0 unspecified atom stereocenters. The molecule has 6 nitrogen and oxygen atoms in total. The Kier molecular flexibility index (Phi) is 3.12. The molecule has 18 heavy (non-hydrogen) atoms. The zero-order valence-electron chi connectivity index (χ0n) is 9.98. The van der Waals surface area contributed by atoms with Crippen LogP contribution in [0.1, 0.15) is 18.2 Å². The van der Waals surface area contributed by atoms with Crippen LogP contribution in [0.5, 0.6) is 0 Å². The fourth-order valence-electron chi connectivity index (χ4n) is 1.68. The second-order valence-electron chi connectivity index (χ2n) is 3.90. The van der Waals surface area contributed by atoms with E-state index in [-0.39, 0.29) is 18.2 Å². The van der Waals surface area contributed by atoms with Gasteiger partial charge in [0.2, 0.25) is 5.91 Å². The number of aryl methyl sites for hydroxylation is 1. The molecule has 1 amide bonds. The van der Waals surface area contributed by atoms with Gasteiger partial charge in [0.1, 0.15) is 5.69 Å². The van der Waals surface area contributed by atoms with Crippen LogP contribution in [0.25, 0.3) is 11.0 Å². The minimum atomic E-state index is -0.641. The molecule has 2 heterocycles. The van der Waals surface area contributed by atoms with Crippen LogP contribution in [0.15, 0.2) is 21.5 Å². The molecule has 94 valence electrons. The first-order valence-corrected chi connectivity index (χ1v) is 5.33. The number of nitrogens with zero attached hydrogens (tertiary/aromatic N) is 1. The molecular formula is C12H12N2O4. The van der Waals surface area contributed by atoms with Crippen LogP contribution in [-0.4, -0.2) is 16.0 Å². The first-order chi connectivity index (χ1) is 8.52. The lowest BCUT2D eigenvalue weighted by atomic mass is 10.1. The largest absolute Gasteiger partial charge is 0.419 e. The number of pyridine rings is 1. The third-order valence-electron chi connectivity index (χ3n) is 2.52. The molecule has 0 atom stereocenters. The van der Waals surface area contributed by atoms with E-state index >= 15 is 0 Å². The summed E-state index contributed by atoms with van der Waals surface area (Å²) in [6.45, 7) is 2.77. The molecule has 0 aromatic carbocycles. The Morgan fingerprint density at radius 1 is 1.56 bits per heavy atom. The molecule has 2 N–H and O–H groups in total. The maximum absolute atomic E-state index is 11.6. The maximum atomic E-state index is 11.6. The Balaban J connectivity index is 2.75. The molecule has 0 fully saturated rings. The molecule has 0 spiro atoms. The lowest BCUT2D eigenvalue weighted by Crippen LogP contribution is -2.15. The molecule has 2 aromatic heterocycles. The zero-order chi connectivity index (χ0) is 13.3. The van der Waals surface area contributed by atoms with Crippen molar-refractivity contribution in [2.24, 2.45) is 0 Å². The van der Waals surface area contributed by atoms with E-state index in [0.717, 1.165) is 0 Å². The molecule has 0 aliphatic heterocycles. The van der Waals surface area contributed by atoms with E-state index < -0.39 is 5.63 Å². The third kappa shape index (κ3) is 2.10. The number of fused-ring (bicyclic) bond motifs is 1. The van der Waals surface area contributed by atoms with Crippen LogP contribution < -0.4 is 10.9 Å². The van der Waals surface area contributed by atoms with E-state index in [1.54, 1.807) is 6.92 Å². The number of nitrogens with one attached hydrogen (secondary N) is 1. The van der Waals surface area contributed by atoms with Crippen molar-refractivity contribution < 1.29 is 14.3 Å². The van der Waals surface area contributed by atoms with Crippen molar-refractivity contribution in [3.05, 3.63) is 33.9 Å². The maximum Gasteiger partial charge on any atom is 0.360 e. The highest BCUT2D eigenvalue weighted by molar-refractivity contribution is 5.92. The summed E-state index contributed by atoms with van der Waals surface area (Å²) < 4.78 is 5.12. The SMILES string of the molecule is CC(=O)Nc1cc2c(CO)cnc(C)c2oc1=O. The summed E-state index contributed by atoms with van der Waals surface area (Å²) in [6, 6.07) is 1.49. The molecule has 6 heteroatoms. The Hall–Kier alpha value is -2.21. The molecule has 0 aliphatic rings. The second-order valence-corrected chi connectivity index (χ2v) is 3.90. The minimum Gasteiger partial charge on any atom is -0.419 e. The molecule has 0 bridgehead atoms. The number of anilines is 1. The number of carbonyl (C=O) groups is 1.